The number of anilines is 1. The van der Waals surface area contributed by atoms with Crippen molar-refractivity contribution in [1.29, 1.82) is 0 Å². The number of rotatable bonds is 12. The number of hydrogen-bond donors (Lipinski definition) is 1. The van der Waals surface area contributed by atoms with Gasteiger partial charge in [0.2, 0.25) is 0 Å². The molecule has 0 aliphatic rings. The lowest BCUT2D eigenvalue weighted by Gasteiger charge is -2.33. The third kappa shape index (κ3) is 7.10. The van der Waals surface area contributed by atoms with E-state index >= 15 is 0 Å². The van der Waals surface area contributed by atoms with E-state index in [1.807, 2.05) is 41.8 Å². The molecule has 0 amide bonds. The van der Waals surface area contributed by atoms with Crippen molar-refractivity contribution in [3.63, 3.8) is 0 Å². The maximum absolute atomic E-state index is 14.5. The number of benzene rings is 2. The van der Waals surface area contributed by atoms with Crippen molar-refractivity contribution >= 4 is 41.5 Å². The van der Waals surface area contributed by atoms with E-state index in [0.29, 0.717) is 29.5 Å². The third-order valence-corrected chi connectivity index (χ3v) is 8.72. The second-order valence-electron chi connectivity index (χ2n) is 11.1. The maximum atomic E-state index is 14.5. The number of carbonyl (C=O) groups excluding carboxylic acids is 1. The van der Waals surface area contributed by atoms with E-state index in [-0.39, 0.29) is 13.2 Å². The Morgan fingerprint density at radius 3 is 2.40 bits per heavy atom. The lowest BCUT2D eigenvalue weighted by atomic mass is 10.2. The summed E-state index contributed by atoms with van der Waals surface area (Å²) in [5.41, 5.74) is 7.66. The van der Waals surface area contributed by atoms with Crippen molar-refractivity contribution in [1.82, 2.24) is 19.2 Å². The van der Waals surface area contributed by atoms with Crippen molar-refractivity contribution in [2.75, 3.05) is 19.4 Å². The molecule has 1 unspecified atom stereocenters. The standard InChI is InChI=1S/C30H40N5O6P/c1-8-38-19-25-33-26-27(23-16-12-13-17-24(23)32-28(26)31)35(25)18-20(2)40-42(37,41-22-14-10-9-11-15-22)34(7)21(3)29(36)39-30(4,5)6/h9-17,20-21H,8,18-19H2,1-7H3,(H2,31,32)/t20-,21+,42?/m1/s1. The molecule has 226 valence electrons. The number of carbonyl (C=O) groups is 1. The summed E-state index contributed by atoms with van der Waals surface area (Å²) in [5.74, 6) is 0.720. The van der Waals surface area contributed by atoms with Crippen LogP contribution in [0.1, 0.15) is 47.4 Å². The van der Waals surface area contributed by atoms with Gasteiger partial charge in [0.25, 0.3) is 0 Å². The van der Waals surface area contributed by atoms with Gasteiger partial charge in [-0.05, 0) is 66.8 Å². The van der Waals surface area contributed by atoms with Gasteiger partial charge in [0.05, 0.1) is 23.7 Å². The van der Waals surface area contributed by atoms with Gasteiger partial charge in [0, 0.05) is 12.0 Å². The Morgan fingerprint density at radius 2 is 1.74 bits per heavy atom. The minimum absolute atomic E-state index is 0.236. The van der Waals surface area contributed by atoms with Crippen LogP contribution in [-0.4, -0.2) is 56.6 Å². The zero-order valence-corrected chi connectivity index (χ0v) is 26.1. The van der Waals surface area contributed by atoms with Crippen LogP contribution < -0.4 is 10.3 Å². The van der Waals surface area contributed by atoms with Gasteiger partial charge >= 0.3 is 13.7 Å². The molecule has 0 bridgehead atoms. The largest absolute Gasteiger partial charge is 0.462 e. The summed E-state index contributed by atoms with van der Waals surface area (Å²) < 4.78 is 41.3. The van der Waals surface area contributed by atoms with E-state index in [9.17, 15) is 9.36 Å². The quantitative estimate of drug-likeness (QED) is 0.154. The molecular formula is C30H40N5O6P. The molecule has 2 N–H and O–H groups in total. The van der Waals surface area contributed by atoms with Gasteiger partial charge in [-0.1, -0.05) is 36.4 Å². The molecule has 11 nitrogen and oxygen atoms in total. The van der Waals surface area contributed by atoms with Gasteiger partial charge in [-0.25, -0.2) is 14.5 Å². The molecular weight excluding hydrogens is 557 g/mol. The molecule has 2 heterocycles. The predicted octanol–water partition coefficient (Wildman–Crippen LogP) is 5.96. The molecule has 0 aliphatic carbocycles. The molecule has 12 heteroatoms. The first-order chi connectivity index (χ1) is 19.8. The number of aromatic nitrogens is 3. The Morgan fingerprint density at radius 1 is 1.07 bits per heavy atom. The molecule has 2 aromatic carbocycles. The van der Waals surface area contributed by atoms with Crippen LogP contribution in [0.3, 0.4) is 0 Å². The highest BCUT2D eigenvalue weighted by molar-refractivity contribution is 7.51. The van der Waals surface area contributed by atoms with Gasteiger partial charge < -0.3 is 24.3 Å². The number of fused-ring (bicyclic) bond motifs is 3. The first-order valence-electron chi connectivity index (χ1n) is 13.9. The number of hydrogen-bond acceptors (Lipinski definition) is 9. The predicted molar refractivity (Wildman–Crippen MR) is 163 cm³/mol. The molecule has 0 radical (unpaired) electrons. The zero-order chi connectivity index (χ0) is 30.7. The van der Waals surface area contributed by atoms with Gasteiger partial charge in [0.15, 0.2) is 5.82 Å². The summed E-state index contributed by atoms with van der Waals surface area (Å²) in [6.45, 7) is 11.6. The van der Waals surface area contributed by atoms with E-state index < -0.39 is 31.5 Å². The van der Waals surface area contributed by atoms with Crippen LogP contribution in [0.4, 0.5) is 5.82 Å². The number of imidazole rings is 1. The van der Waals surface area contributed by atoms with E-state index in [2.05, 4.69) is 4.98 Å². The summed E-state index contributed by atoms with van der Waals surface area (Å²) in [7, 11) is -2.58. The van der Waals surface area contributed by atoms with E-state index in [0.717, 1.165) is 16.4 Å². The third-order valence-electron chi connectivity index (χ3n) is 6.54. The summed E-state index contributed by atoms with van der Waals surface area (Å²) in [5, 5.41) is 0.864. The van der Waals surface area contributed by atoms with Crippen molar-refractivity contribution < 1.29 is 27.9 Å². The number of nitrogens with zero attached hydrogens (tertiary/aromatic N) is 4. The Hall–Kier alpha value is -3.50. The Bertz CT molecular complexity index is 1590. The molecule has 3 atom stereocenters. The number of pyridine rings is 1. The summed E-state index contributed by atoms with van der Waals surface area (Å²) >= 11 is 0. The number of likely N-dealkylation sites (N-methyl/N-ethyl adjacent to an activating group) is 1. The highest BCUT2D eigenvalue weighted by Gasteiger charge is 2.41. The number of nitrogens with two attached hydrogens (primary N) is 1. The van der Waals surface area contributed by atoms with Crippen molar-refractivity contribution in [3.8, 4) is 5.75 Å². The molecule has 0 fully saturated rings. The molecule has 0 aliphatic heterocycles. The van der Waals surface area contributed by atoms with Crippen LogP contribution in [0.2, 0.25) is 0 Å². The minimum atomic E-state index is -4.11. The summed E-state index contributed by atoms with van der Waals surface area (Å²) in [6, 6.07) is 15.4. The van der Waals surface area contributed by atoms with Gasteiger partial charge in [-0.15, -0.1) is 0 Å². The maximum Gasteiger partial charge on any atom is 0.462 e. The molecule has 0 saturated carbocycles. The Labute approximate surface area is 246 Å². The average Bonchev–Trinajstić information content (AvgIpc) is 3.29. The Balaban J connectivity index is 1.72. The number of para-hydroxylation sites is 2. The van der Waals surface area contributed by atoms with Gasteiger partial charge in [0.1, 0.15) is 35.3 Å². The number of nitrogen functional groups attached to an aromatic ring is 1. The zero-order valence-electron chi connectivity index (χ0n) is 25.2. The fourth-order valence-corrected chi connectivity index (χ4v) is 6.20. The average molecular weight is 598 g/mol. The van der Waals surface area contributed by atoms with Crippen LogP contribution >= 0.6 is 7.75 Å². The second kappa shape index (κ2) is 12.8. The van der Waals surface area contributed by atoms with Crippen LogP contribution in [-0.2, 0) is 36.5 Å². The molecule has 2 aromatic heterocycles. The van der Waals surface area contributed by atoms with Crippen molar-refractivity contribution in [3.05, 3.63) is 60.4 Å². The summed E-state index contributed by atoms with van der Waals surface area (Å²) in [6.07, 6.45) is -0.668. The van der Waals surface area contributed by atoms with Crippen LogP contribution in [0, 0.1) is 0 Å². The highest BCUT2D eigenvalue weighted by atomic mass is 31.2. The first kappa shape index (κ1) is 31.4. The van der Waals surface area contributed by atoms with Crippen LogP contribution in [0.15, 0.2) is 54.6 Å². The smallest absolute Gasteiger partial charge is 0.459 e. The highest BCUT2D eigenvalue weighted by Crippen LogP contribution is 2.53. The first-order valence-corrected chi connectivity index (χ1v) is 15.4. The number of esters is 1. The summed E-state index contributed by atoms with van der Waals surface area (Å²) in [4.78, 5) is 22.2. The van der Waals surface area contributed by atoms with E-state index in [4.69, 9.17) is 29.2 Å². The number of ether oxygens (including phenoxy) is 2. The second-order valence-corrected chi connectivity index (χ2v) is 13.0. The van der Waals surface area contributed by atoms with E-state index in [1.54, 1.807) is 58.9 Å². The molecule has 42 heavy (non-hydrogen) atoms. The normalized spacial score (nSPS) is 15.0. The van der Waals surface area contributed by atoms with Gasteiger partial charge in [-0.3, -0.25) is 9.32 Å². The molecule has 4 rings (SSSR count). The fourth-order valence-electron chi connectivity index (χ4n) is 4.45. The lowest BCUT2D eigenvalue weighted by molar-refractivity contribution is -0.159. The molecule has 0 spiro atoms. The van der Waals surface area contributed by atoms with Crippen molar-refractivity contribution in [2.24, 2.45) is 0 Å². The fraction of sp³-hybridized carbons (Fsp3) is 0.433. The van der Waals surface area contributed by atoms with E-state index in [1.165, 1.54) is 11.7 Å². The van der Waals surface area contributed by atoms with Crippen LogP contribution in [0.25, 0.3) is 21.9 Å². The minimum Gasteiger partial charge on any atom is -0.459 e. The van der Waals surface area contributed by atoms with Crippen molar-refractivity contribution in [2.45, 2.75) is 72.4 Å². The molecule has 0 saturated heterocycles. The van der Waals surface area contributed by atoms with Crippen LogP contribution in [0.5, 0.6) is 5.75 Å². The lowest BCUT2D eigenvalue weighted by Crippen LogP contribution is -2.40. The topological polar surface area (TPSA) is 131 Å². The van der Waals surface area contributed by atoms with Gasteiger partial charge in [-0.2, -0.15) is 4.67 Å². The monoisotopic (exact) mass is 597 g/mol. The Kier molecular flexibility index (Phi) is 9.57. The molecule has 4 aromatic rings. The SMILES string of the molecule is CCOCc1nc2c(N)nc3ccccc3c2n1C[C@@H](C)OP(=O)(Oc1ccccc1)N(C)[C@@H](C)C(=O)OC(C)(C)C.